The molecule has 4 heteroatoms. The molecular formula is C19H21NO3. The Balaban J connectivity index is 1.59. The normalized spacial score (nSPS) is 31.0. The number of fused-ring (bicyclic) bond motifs is 3. The SMILES string of the molecule is O=C(O)C1C2C=CC(C2)C1C(=O)Nc1cccc2c1CCCC2. The monoisotopic (exact) mass is 311 g/mol. The Morgan fingerprint density at radius 1 is 1.04 bits per heavy atom. The minimum absolute atomic E-state index is 0.0120. The summed E-state index contributed by atoms with van der Waals surface area (Å²) < 4.78 is 0. The standard InChI is InChI=1S/C19H21NO3/c21-18(16-12-8-9-13(10-12)17(16)19(22)23)20-15-7-3-5-11-4-1-2-6-14(11)15/h3,5,7-9,12-13,16-17H,1-2,4,6,10H2,(H,20,21)(H,22,23). The number of hydrogen-bond acceptors (Lipinski definition) is 2. The molecule has 4 atom stereocenters. The second kappa shape index (κ2) is 5.52. The molecule has 0 saturated heterocycles. The predicted molar refractivity (Wildman–Crippen MR) is 87.1 cm³/mol. The fourth-order valence-electron chi connectivity index (χ4n) is 4.63. The van der Waals surface area contributed by atoms with Crippen LogP contribution in [0.2, 0.25) is 0 Å². The molecule has 1 fully saturated rings. The number of aryl methyl sites for hydroxylation is 1. The second-order valence-corrected chi connectivity index (χ2v) is 6.98. The Morgan fingerprint density at radius 3 is 2.57 bits per heavy atom. The van der Waals surface area contributed by atoms with Crippen molar-refractivity contribution in [1.82, 2.24) is 0 Å². The first-order valence-corrected chi connectivity index (χ1v) is 8.48. The molecule has 1 aromatic carbocycles. The topological polar surface area (TPSA) is 66.4 Å². The quantitative estimate of drug-likeness (QED) is 0.843. The van der Waals surface area contributed by atoms with Gasteiger partial charge in [-0.05, 0) is 61.1 Å². The number of nitrogens with one attached hydrogen (secondary N) is 1. The van der Waals surface area contributed by atoms with Gasteiger partial charge in [0.25, 0.3) is 0 Å². The molecule has 4 nitrogen and oxygen atoms in total. The van der Waals surface area contributed by atoms with Crippen molar-refractivity contribution in [3.05, 3.63) is 41.5 Å². The van der Waals surface area contributed by atoms with Crippen LogP contribution in [0.4, 0.5) is 5.69 Å². The van der Waals surface area contributed by atoms with Crippen molar-refractivity contribution in [2.75, 3.05) is 5.32 Å². The first-order chi connectivity index (χ1) is 11.1. The summed E-state index contributed by atoms with van der Waals surface area (Å²) >= 11 is 0. The molecule has 0 spiro atoms. The average molecular weight is 311 g/mol. The van der Waals surface area contributed by atoms with Crippen molar-refractivity contribution in [3.8, 4) is 0 Å². The predicted octanol–water partition coefficient (Wildman–Crippen LogP) is 3.03. The summed E-state index contributed by atoms with van der Waals surface area (Å²) in [6.45, 7) is 0. The van der Waals surface area contributed by atoms with Gasteiger partial charge in [-0.1, -0.05) is 24.3 Å². The lowest BCUT2D eigenvalue weighted by Crippen LogP contribution is -2.36. The number of hydrogen-bond donors (Lipinski definition) is 2. The third-order valence-corrected chi connectivity index (χ3v) is 5.70. The van der Waals surface area contributed by atoms with E-state index in [-0.39, 0.29) is 17.7 Å². The zero-order valence-corrected chi connectivity index (χ0v) is 13.0. The third kappa shape index (κ3) is 2.37. The Bertz CT molecular complexity index is 694. The minimum Gasteiger partial charge on any atom is -0.481 e. The molecular weight excluding hydrogens is 290 g/mol. The van der Waals surface area contributed by atoms with Crippen LogP contribution in [0, 0.1) is 23.7 Å². The third-order valence-electron chi connectivity index (χ3n) is 5.70. The van der Waals surface area contributed by atoms with Crippen LogP contribution in [-0.2, 0) is 22.4 Å². The maximum atomic E-state index is 12.8. The number of anilines is 1. The van der Waals surface area contributed by atoms with Crippen LogP contribution < -0.4 is 5.32 Å². The summed E-state index contributed by atoms with van der Waals surface area (Å²) in [5.74, 6) is -1.92. The molecule has 2 N–H and O–H groups in total. The molecule has 3 aliphatic carbocycles. The van der Waals surface area contributed by atoms with Gasteiger partial charge < -0.3 is 10.4 Å². The van der Waals surface area contributed by atoms with Crippen molar-refractivity contribution in [2.24, 2.45) is 23.7 Å². The highest BCUT2D eigenvalue weighted by atomic mass is 16.4. The van der Waals surface area contributed by atoms with Gasteiger partial charge in [0.2, 0.25) is 5.91 Å². The molecule has 4 rings (SSSR count). The first-order valence-electron chi connectivity index (χ1n) is 8.48. The molecule has 1 amide bonds. The van der Waals surface area contributed by atoms with Gasteiger partial charge in [-0.25, -0.2) is 0 Å². The van der Waals surface area contributed by atoms with Crippen molar-refractivity contribution < 1.29 is 14.7 Å². The second-order valence-electron chi connectivity index (χ2n) is 6.98. The van der Waals surface area contributed by atoms with Gasteiger partial charge >= 0.3 is 5.97 Å². The Morgan fingerprint density at radius 2 is 1.78 bits per heavy atom. The van der Waals surface area contributed by atoms with E-state index in [1.54, 1.807) is 0 Å². The summed E-state index contributed by atoms with van der Waals surface area (Å²) in [4.78, 5) is 24.4. The van der Waals surface area contributed by atoms with E-state index in [1.807, 2.05) is 24.3 Å². The lowest BCUT2D eigenvalue weighted by atomic mass is 9.82. The number of carboxylic acids is 1. The van der Waals surface area contributed by atoms with Crippen LogP contribution in [0.25, 0.3) is 0 Å². The van der Waals surface area contributed by atoms with Crippen LogP contribution in [0.15, 0.2) is 30.4 Å². The van der Waals surface area contributed by atoms with Crippen molar-refractivity contribution in [2.45, 2.75) is 32.1 Å². The lowest BCUT2D eigenvalue weighted by molar-refractivity contribution is -0.146. The number of aliphatic carboxylic acids is 1. The molecule has 0 heterocycles. The zero-order chi connectivity index (χ0) is 16.0. The Hall–Kier alpha value is -2.10. The molecule has 2 bridgehead atoms. The van der Waals surface area contributed by atoms with E-state index >= 15 is 0 Å². The van der Waals surface area contributed by atoms with Crippen LogP contribution in [0.1, 0.15) is 30.4 Å². The van der Waals surface area contributed by atoms with Gasteiger partial charge in [0, 0.05) is 5.69 Å². The molecule has 0 radical (unpaired) electrons. The van der Waals surface area contributed by atoms with E-state index in [1.165, 1.54) is 17.5 Å². The van der Waals surface area contributed by atoms with Crippen molar-refractivity contribution in [3.63, 3.8) is 0 Å². The maximum Gasteiger partial charge on any atom is 0.307 e. The lowest BCUT2D eigenvalue weighted by Gasteiger charge is -2.25. The fourth-order valence-corrected chi connectivity index (χ4v) is 4.63. The summed E-state index contributed by atoms with van der Waals surface area (Å²) in [5.41, 5.74) is 3.43. The summed E-state index contributed by atoms with van der Waals surface area (Å²) in [6, 6.07) is 6.06. The highest BCUT2D eigenvalue weighted by Crippen LogP contribution is 2.48. The van der Waals surface area contributed by atoms with Crippen LogP contribution in [0.5, 0.6) is 0 Å². The number of carbonyl (C=O) groups excluding carboxylic acids is 1. The Labute approximate surface area is 135 Å². The molecule has 0 aromatic heterocycles. The summed E-state index contributed by atoms with van der Waals surface area (Å²) in [6.07, 6.45) is 9.18. The smallest absolute Gasteiger partial charge is 0.307 e. The fraction of sp³-hybridized carbons (Fsp3) is 0.474. The molecule has 120 valence electrons. The van der Waals surface area contributed by atoms with Crippen molar-refractivity contribution in [1.29, 1.82) is 0 Å². The number of carboxylic acid groups (broad SMARTS) is 1. The first kappa shape index (κ1) is 14.5. The number of carbonyl (C=O) groups is 2. The van der Waals surface area contributed by atoms with E-state index < -0.39 is 17.8 Å². The van der Waals surface area contributed by atoms with Crippen LogP contribution >= 0.6 is 0 Å². The van der Waals surface area contributed by atoms with Gasteiger partial charge in [-0.2, -0.15) is 0 Å². The van der Waals surface area contributed by atoms with E-state index in [0.29, 0.717) is 0 Å². The summed E-state index contributed by atoms with van der Waals surface area (Å²) in [7, 11) is 0. The highest BCUT2D eigenvalue weighted by Gasteiger charge is 2.51. The molecule has 1 saturated carbocycles. The number of benzene rings is 1. The van der Waals surface area contributed by atoms with E-state index in [4.69, 9.17) is 0 Å². The van der Waals surface area contributed by atoms with Gasteiger partial charge in [0.1, 0.15) is 0 Å². The zero-order valence-electron chi connectivity index (χ0n) is 13.0. The minimum atomic E-state index is -0.850. The number of rotatable bonds is 3. The van der Waals surface area contributed by atoms with E-state index in [0.717, 1.165) is 31.4 Å². The summed E-state index contributed by atoms with van der Waals surface area (Å²) in [5, 5.41) is 12.5. The van der Waals surface area contributed by atoms with E-state index in [2.05, 4.69) is 11.4 Å². The molecule has 0 aliphatic heterocycles. The van der Waals surface area contributed by atoms with Gasteiger partial charge in [-0.3, -0.25) is 9.59 Å². The number of amides is 1. The molecule has 1 aromatic rings. The van der Waals surface area contributed by atoms with Crippen molar-refractivity contribution >= 4 is 17.6 Å². The molecule has 4 unspecified atom stereocenters. The van der Waals surface area contributed by atoms with Crippen LogP contribution in [-0.4, -0.2) is 17.0 Å². The van der Waals surface area contributed by atoms with E-state index in [9.17, 15) is 14.7 Å². The van der Waals surface area contributed by atoms with Gasteiger partial charge in [-0.15, -0.1) is 0 Å². The van der Waals surface area contributed by atoms with Crippen LogP contribution in [0.3, 0.4) is 0 Å². The molecule has 3 aliphatic rings. The van der Waals surface area contributed by atoms with Gasteiger partial charge in [0.05, 0.1) is 11.8 Å². The highest BCUT2D eigenvalue weighted by molar-refractivity contribution is 5.97. The maximum absolute atomic E-state index is 12.8. The Kier molecular flexibility index (Phi) is 3.47. The average Bonchev–Trinajstić information content (AvgIpc) is 3.16. The molecule has 23 heavy (non-hydrogen) atoms. The largest absolute Gasteiger partial charge is 0.481 e. The van der Waals surface area contributed by atoms with Gasteiger partial charge in [0.15, 0.2) is 0 Å². The number of allylic oxidation sites excluding steroid dienone is 2.